The van der Waals surface area contributed by atoms with Crippen molar-refractivity contribution in [1.82, 2.24) is 4.98 Å². The van der Waals surface area contributed by atoms with Crippen molar-refractivity contribution in [3.63, 3.8) is 0 Å². The van der Waals surface area contributed by atoms with E-state index in [1.165, 1.54) is 0 Å². The fraction of sp³-hybridized carbons (Fsp3) is 0.444. The minimum atomic E-state index is -0.0789. The Kier molecular flexibility index (Phi) is 3.12. The van der Waals surface area contributed by atoms with Crippen LogP contribution in [0.25, 0.3) is 0 Å². The molecule has 0 aliphatic rings. The van der Waals surface area contributed by atoms with Crippen LogP contribution < -0.4 is 11.5 Å². The van der Waals surface area contributed by atoms with Crippen LogP contribution in [0.3, 0.4) is 0 Å². The second-order valence-electron chi connectivity index (χ2n) is 3.38. The summed E-state index contributed by atoms with van der Waals surface area (Å²) in [5.74, 6) is 0.763. The molecule has 0 aliphatic carbocycles. The predicted molar refractivity (Wildman–Crippen MR) is 55.4 cm³/mol. The molecule has 0 aliphatic heterocycles. The molecule has 0 aromatic carbocycles. The van der Waals surface area contributed by atoms with Gasteiger partial charge >= 0.3 is 0 Å². The van der Waals surface area contributed by atoms with Crippen molar-refractivity contribution in [2.45, 2.75) is 19.9 Å². The van der Waals surface area contributed by atoms with E-state index >= 15 is 0 Å². The molecule has 0 amide bonds. The van der Waals surface area contributed by atoms with Gasteiger partial charge in [0.2, 0.25) is 0 Å². The average Bonchev–Trinajstić information content (AvgIpc) is 2.03. The van der Waals surface area contributed by atoms with Crippen LogP contribution in [0.15, 0.2) is 12.1 Å². The van der Waals surface area contributed by atoms with Crippen LogP contribution in [-0.4, -0.2) is 4.98 Å². The molecule has 1 aromatic rings. The standard InChI is InChI=1S/C9H14ClN3/c1-5(2)8(11)6-3-4-7(10)13-9(6)12/h3-5,8H,11H2,1-2H3,(H2,12,13). The molecule has 1 atom stereocenters. The van der Waals surface area contributed by atoms with Crippen LogP contribution in [0.1, 0.15) is 25.5 Å². The molecule has 3 nitrogen and oxygen atoms in total. The van der Waals surface area contributed by atoms with Crippen LogP contribution in [0.5, 0.6) is 0 Å². The van der Waals surface area contributed by atoms with Gasteiger partial charge in [0.1, 0.15) is 11.0 Å². The maximum atomic E-state index is 5.93. The van der Waals surface area contributed by atoms with Gasteiger partial charge in [0, 0.05) is 11.6 Å². The molecule has 13 heavy (non-hydrogen) atoms. The minimum Gasteiger partial charge on any atom is -0.383 e. The predicted octanol–water partition coefficient (Wildman–Crippen LogP) is 1.97. The lowest BCUT2D eigenvalue weighted by molar-refractivity contribution is 0.514. The van der Waals surface area contributed by atoms with E-state index in [1.807, 2.05) is 19.9 Å². The molecule has 1 unspecified atom stereocenters. The van der Waals surface area contributed by atoms with E-state index in [0.29, 0.717) is 16.9 Å². The molecule has 0 fully saturated rings. The third-order valence-corrected chi connectivity index (χ3v) is 2.21. The summed E-state index contributed by atoms with van der Waals surface area (Å²) in [5, 5.41) is 0.400. The smallest absolute Gasteiger partial charge is 0.131 e. The highest BCUT2D eigenvalue weighted by Crippen LogP contribution is 2.24. The Balaban J connectivity index is 3.01. The zero-order valence-corrected chi connectivity index (χ0v) is 8.55. The van der Waals surface area contributed by atoms with Crippen molar-refractivity contribution in [3.8, 4) is 0 Å². The van der Waals surface area contributed by atoms with Gasteiger partial charge in [0.25, 0.3) is 0 Å². The van der Waals surface area contributed by atoms with Crippen LogP contribution in [0.2, 0.25) is 5.15 Å². The number of nitrogen functional groups attached to an aromatic ring is 1. The second kappa shape index (κ2) is 3.94. The molecular weight excluding hydrogens is 186 g/mol. The lowest BCUT2D eigenvalue weighted by Gasteiger charge is -2.17. The number of rotatable bonds is 2. The highest BCUT2D eigenvalue weighted by Gasteiger charge is 2.13. The molecule has 1 heterocycles. The van der Waals surface area contributed by atoms with Crippen LogP contribution in [0, 0.1) is 5.92 Å². The fourth-order valence-electron chi connectivity index (χ4n) is 1.10. The number of pyridine rings is 1. The summed E-state index contributed by atoms with van der Waals surface area (Å²) in [6, 6.07) is 3.45. The normalized spacial score (nSPS) is 13.3. The summed E-state index contributed by atoms with van der Waals surface area (Å²) in [5.41, 5.74) is 12.5. The molecule has 4 heteroatoms. The topological polar surface area (TPSA) is 64.9 Å². The summed E-state index contributed by atoms with van der Waals surface area (Å²) in [6.45, 7) is 4.08. The van der Waals surface area contributed by atoms with Gasteiger partial charge < -0.3 is 11.5 Å². The molecule has 1 rings (SSSR count). The van der Waals surface area contributed by atoms with Crippen molar-refractivity contribution >= 4 is 17.4 Å². The highest BCUT2D eigenvalue weighted by atomic mass is 35.5. The van der Waals surface area contributed by atoms with E-state index < -0.39 is 0 Å². The SMILES string of the molecule is CC(C)C(N)c1ccc(Cl)nc1N. The summed E-state index contributed by atoms with van der Waals surface area (Å²) in [4.78, 5) is 3.94. The van der Waals surface area contributed by atoms with Gasteiger partial charge in [-0.05, 0) is 12.0 Å². The van der Waals surface area contributed by atoms with Gasteiger partial charge in [-0.2, -0.15) is 0 Å². The molecule has 4 N–H and O–H groups in total. The Labute approximate surface area is 83.1 Å². The highest BCUT2D eigenvalue weighted by molar-refractivity contribution is 6.29. The molecule has 72 valence electrons. The minimum absolute atomic E-state index is 0.0789. The summed E-state index contributed by atoms with van der Waals surface area (Å²) in [7, 11) is 0. The molecule has 0 bridgehead atoms. The third-order valence-electron chi connectivity index (χ3n) is 2.00. The molecule has 0 spiro atoms. The third kappa shape index (κ3) is 2.32. The lowest BCUT2D eigenvalue weighted by Crippen LogP contribution is -2.18. The zero-order chi connectivity index (χ0) is 10.0. The Hall–Kier alpha value is -0.800. The first-order valence-corrected chi connectivity index (χ1v) is 4.57. The van der Waals surface area contributed by atoms with Crippen molar-refractivity contribution in [2.24, 2.45) is 11.7 Å². The van der Waals surface area contributed by atoms with E-state index in [2.05, 4.69) is 4.98 Å². The molecule has 0 saturated carbocycles. The largest absolute Gasteiger partial charge is 0.383 e. The lowest BCUT2D eigenvalue weighted by atomic mass is 9.98. The first-order valence-electron chi connectivity index (χ1n) is 4.20. The van der Waals surface area contributed by atoms with Gasteiger partial charge in [-0.25, -0.2) is 4.98 Å². The summed E-state index contributed by atoms with van der Waals surface area (Å²) < 4.78 is 0. The summed E-state index contributed by atoms with van der Waals surface area (Å²) >= 11 is 5.67. The fourth-order valence-corrected chi connectivity index (χ4v) is 1.26. The Morgan fingerprint density at radius 2 is 2.00 bits per heavy atom. The number of halogens is 1. The van der Waals surface area contributed by atoms with E-state index in [9.17, 15) is 0 Å². The quantitative estimate of drug-likeness (QED) is 0.716. The van der Waals surface area contributed by atoms with Crippen LogP contribution in [0.4, 0.5) is 5.82 Å². The van der Waals surface area contributed by atoms with Crippen molar-refractivity contribution < 1.29 is 0 Å². The van der Waals surface area contributed by atoms with E-state index in [4.69, 9.17) is 23.1 Å². The number of nitrogens with zero attached hydrogens (tertiary/aromatic N) is 1. The van der Waals surface area contributed by atoms with Gasteiger partial charge in [-0.15, -0.1) is 0 Å². The summed E-state index contributed by atoms with van der Waals surface area (Å²) in [6.07, 6.45) is 0. The Morgan fingerprint density at radius 3 is 2.46 bits per heavy atom. The average molecular weight is 200 g/mol. The second-order valence-corrected chi connectivity index (χ2v) is 3.77. The van der Waals surface area contributed by atoms with E-state index in [-0.39, 0.29) is 6.04 Å². The number of hydrogen-bond acceptors (Lipinski definition) is 3. The molecule has 1 aromatic heterocycles. The van der Waals surface area contributed by atoms with Gasteiger partial charge in [-0.1, -0.05) is 31.5 Å². The molecule has 0 radical (unpaired) electrons. The number of hydrogen-bond donors (Lipinski definition) is 2. The maximum absolute atomic E-state index is 5.93. The van der Waals surface area contributed by atoms with Crippen LogP contribution in [-0.2, 0) is 0 Å². The maximum Gasteiger partial charge on any atom is 0.131 e. The first-order chi connectivity index (χ1) is 6.02. The van der Waals surface area contributed by atoms with Crippen molar-refractivity contribution in [2.75, 3.05) is 5.73 Å². The Bertz CT molecular complexity index is 299. The first kappa shape index (κ1) is 10.3. The zero-order valence-electron chi connectivity index (χ0n) is 7.79. The van der Waals surface area contributed by atoms with Crippen molar-refractivity contribution in [1.29, 1.82) is 0 Å². The van der Waals surface area contributed by atoms with Gasteiger partial charge in [0.15, 0.2) is 0 Å². The molecule has 0 saturated heterocycles. The Morgan fingerprint density at radius 1 is 1.38 bits per heavy atom. The monoisotopic (exact) mass is 199 g/mol. The van der Waals surface area contributed by atoms with Gasteiger partial charge in [-0.3, -0.25) is 0 Å². The molecular formula is C9H14ClN3. The van der Waals surface area contributed by atoms with Crippen molar-refractivity contribution in [3.05, 3.63) is 22.8 Å². The van der Waals surface area contributed by atoms with Gasteiger partial charge in [0.05, 0.1) is 0 Å². The van der Waals surface area contributed by atoms with E-state index in [0.717, 1.165) is 5.56 Å². The van der Waals surface area contributed by atoms with E-state index in [1.54, 1.807) is 6.07 Å². The number of aromatic nitrogens is 1. The number of anilines is 1. The van der Waals surface area contributed by atoms with Crippen LogP contribution >= 0.6 is 11.6 Å². The number of nitrogens with two attached hydrogens (primary N) is 2.